The molecule has 0 heterocycles. The Balaban J connectivity index is 3.68. The van der Waals surface area contributed by atoms with E-state index < -0.39 is 17.5 Å². The molecule has 0 saturated heterocycles. The number of rotatable bonds is 7. The molecule has 0 aliphatic carbocycles. The van der Waals surface area contributed by atoms with Crippen LogP contribution in [0.4, 0.5) is 0 Å². The van der Waals surface area contributed by atoms with E-state index in [2.05, 4.69) is 6.92 Å². The number of carboxylic acids is 1. The molecule has 0 atom stereocenters. The summed E-state index contributed by atoms with van der Waals surface area (Å²) in [5.41, 5.74) is 0. The summed E-state index contributed by atoms with van der Waals surface area (Å²) in [6.07, 6.45) is 5.27. The summed E-state index contributed by atoms with van der Waals surface area (Å²) in [4.78, 5) is 10.2. The number of aliphatic hydroxyl groups is 2. The van der Waals surface area contributed by atoms with Crippen LogP contribution in [0.1, 0.15) is 45.4 Å². The van der Waals surface area contributed by atoms with Gasteiger partial charge in [0, 0.05) is 6.42 Å². The lowest BCUT2D eigenvalue weighted by Gasteiger charge is -2.01. The van der Waals surface area contributed by atoms with E-state index in [1.807, 2.05) is 0 Å². The Morgan fingerprint density at radius 2 is 1.57 bits per heavy atom. The van der Waals surface area contributed by atoms with Crippen LogP contribution in [0, 0.1) is 0 Å². The van der Waals surface area contributed by atoms with Crippen LogP contribution in [0.5, 0.6) is 0 Å². The van der Waals surface area contributed by atoms with Crippen molar-refractivity contribution in [2.75, 3.05) is 0 Å². The van der Waals surface area contributed by atoms with E-state index in [4.69, 9.17) is 15.3 Å². The number of hydrogen-bond donors (Lipinski definition) is 3. The minimum absolute atomic E-state index is 0.238. The lowest BCUT2D eigenvalue weighted by Crippen LogP contribution is -2.03. The zero-order valence-corrected chi connectivity index (χ0v) is 8.49. The van der Waals surface area contributed by atoms with Gasteiger partial charge in [0.1, 0.15) is 5.76 Å². The lowest BCUT2D eigenvalue weighted by atomic mass is 10.1. The highest BCUT2D eigenvalue weighted by atomic mass is 16.4. The SMILES string of the molecule is CCCCCCCC(O)=C(O)C(=O)O. The molecule has 0 bridgehead atoms. The van der Waals surface area contributed by atoms with E-state index in [1.54, 1.807) is 0 Å². The van der Waals surface area contributed by atoms with Crippen LogP contribution in [-0.2, 0) is 4.79 Å². The third kappa shape index (κ3) is 5.45. The Morgan fingerprint density at radius 1 is 1.00 bits per heavy atom. The molecule has 0 aromatic heterocycles. The third-order valence-corrected chi connectivity index (χ3v) is 1.99. The molecule has 0 aromatic rings. The predicted octanol–water partition coefficient (Wildman–Crippen LogP) is 2.76. The summed E-state index contributed by atoms with van der Waals surface area (Å²) in [7, 11) is 0. The molecular formula is C10H18O4. The van der Waals surface area contributed by atoms with E-state index in [9.17, 15) is 4.79 Å². The normalized spacial score (nSPS) is 12.4. The van der Waals surface area contributed by atoms with Crippen LogP contribution in [0.2, 0.25) is 0 Å². The first kappa shape index (κ1) is 12.8. The van der Waals surface area contributed by atoms with Gasteiger partial charge >= 0.3 is 5.97 Å². The fourth-order valence-corrected chi connectivity index (χ4v) is 1.14. The zero-order chi connectivity index (χ0) is 11.0. The maximum absolute atomic E-state index is 10.2. The maximum Gasteiger partial charge on any atom is 0.374 e. The van der Waals surface area contributed by atoms with E-state index in [-0.39, 0.29) is 6.42 Å². The molecule has 0 radical (unpaired) electrons. The third-order valence-electron chi connectivity index (χ3n) is 1.99. The average Bonchev–Trinajstić information content (AvgIpc) is 2.16. The first-order chi connectivity index (χ1) is 6.59. The van der Waals surface area contributed by atoms with E-state index in [0.29, 0.717) is 6.42 Å². The van der Waals surface area contributed by atoms with Crippen LogP contribution < -0.4 is 0 Å². The molecule has 0 aliphatic rings. The summed E-state index contributed by atoms with van der Waals surface area (Å²) in [5.74, 6) is -2.83. The van der Waals surface area contributed by atoms with Crippen molar-refractivity contribution >= 4 is 5.97 Å². The van der Waals surface area contributed by atoms with Gasteiger partial charge in [-0.1, -0.05) is 32.6 Å². The van der Waals surface area contributed by atoms with E-state index >= 15 is 0 Å². The molecule has 0 saturated carbocycles. The molecular weight excluding hydrogens is 184 g/mol. The van der Waals surface area contributed by atoms with Crippen LogP contribution in [0.3, 0.4) is 0 Å². The summed E-state index contributed by atoms with van der Waals surface area (Å²) in [6.45, 7) is 2.10. The quantitative estimate of drug-likeness (QED) is 0.337. The topological polar surface area (TPSA) is 77.8 Å². The van der Waals surface area contributed by atoms with Crippen molar-refractivity contribution in [2.24, 2.45) is 0 Å². The largest absolute Gasteiger partial charge is 0.508 e. The molecule has 0 aromatic carbocycles. The van der Waals surface area contributed by atoms with Crippen molar-refractivity contribution < 1.29 is 20.1 Å². The highest BCUT2D eigenvalue weighted by Gasteiger charge is 2.10. The molecule has 0 spiro atoms. The van der Waals surface area contributed by atoms with Crippen LogP contribution in [0.15, 0.2) is 11.5 Å². The molecule has 0 unspecified atom stereocenters. The van der Waals surface area contributed by atoms with Gasteiger partial charge < -0.3 is 15.3 Å². The van der Waals surface area contributed by atoms with Gasteiger partial charge in [-0.3, -0.25) is 0 Å². The first-order valence-electron chi connectivity index (χ1n) is 4.94. The lowest BCUT2D eigenvalue weighted by molar-refractivity contribution is -0.135. The molecule has 14 heavy (non-hydrogen) atoms. The zero-order valence-electron chi connectivity index (χ0n) is 8.49. The number of aliphatic carboxylic acids is 1. The first-order valence-corrected chi connectivity index (χ1v) is 4.94. The standard InChI is InChI=1S/C10H18O4/c1-2-3-4-5-6-7-8(11)9(12)10(13)14/h11-12H,2-7H2,1H3,(H,13,14). The smallest absolute Gasteiger partial charge is 0.374 e. The van der Waals surface area contributed by atoms with Gasteiger partial charge in [0.2, 0.25) is 5.76 Å². The Kier molecular flexibility index (Phi) is 6.62. The summed E-state index contributed by atoms with van der Waals surface area (Å²) in [5, 5.41) is 26.2. The molecule has 4 nitrogen and oxygen atoms in total. The molecule has 0 aliphatic heterocycles. The van der Waals surface area contributed by atoms with Crippen molar-refractivity contribution in [1.82, 2.24) is 0 Å². The molecule has 0 rings (SSSR count). The Hall–Kier alpha value is -1.19. The minimum atomic E-state index is -1.48. The highest BCUT2D eigenvalue weighted by molar-refractivity contribution is 5.84. The Labute approximate surface area is 83.9 Å². The highest BCUT2D eigenvalue weighted by Crippen LogP contribution is 2.11. The van der Waals surface area contributed by atoms with Crippen LogP contribution >= 0.6 is 0 Å². The van der Waals surface area contributed by atoms with Crippen molar-refractivity contribution in [3.8, 4) is 0 Å². The van der Waals surface area contributed by atoms with E-state index in [0.717, 1.165) is 25.7 Å². The number of carbonyl (C=O) groups is 1. The minimum Gasteiger partial charge on any atom is -0.508 e. The maximum atomic E-state index is 10.2. The van der Waals surface area contributed by atoms with Crippen LogP contribution in [-0.4, -0.2) is 21.3 Å². The number of allylic oxidation sites excluding steroid dienone is 1. The van der Waals surface area contributed by atoms with Crippen molar-refractivity contribution in [2.45, 2.75) is 45.4 Å². The fourth-order valence-electron chi connectivity index (χ4n) is 1.14. The molecule has 4 heteroatoms. The monoisotopic (exact) mass is 202 g/mol. The van der Waals surface area contributed by atoms with Crippen molar-refractivity contribution in [3.63, 3.8) is 0 Å². The fraction of sp³-hybridized carbons (Fsp3) is 0.700. The Morgan fingerprint density at radius 3 is 2.07 bits per heavy atom. The van der Waals surface area contributed by atoms with Gasteiger partial charge in [0.05, 0.1) is 0 Å². The summed E-state index contributed by atoms with van der Waals surface area (Å²) >= 11 is 0. The predicted molar refractivity (Wildman–Crippen MR) is 53.3 cm³/mol. The average molecular weight is 202 g/mol. The van der Waals surface area contributed by atoms with Crippen molar-refractivity contribution in [3.05, 3.63) is 11.5 Å². The number of aliphatic hydroxyl groups excluding tert-OH is 2. The second kappa shape index (κ2) is 7.24. The molecule has 3 N–H and O–H groups in total. The molecule has 0 amide bonds. The van der Waals surface area contributed by atoms with Gasteiger partial charge in [-0.15, -0.1) is 0 Å². The van der Waals surface area contributed by atoms with Gasteiger partial charge in [-0.25, -0.2) is 4.79 Å². The number of carboxylic acid groups (broad SMARTS) is 1. The summed E-state index contributed by atoms with van der Waals surface area (Å²) < 4.78 is 0. The molecule has 0 fully saturated rings. The Bertz CT molecular complexity index is 208. The second-order valence-corrected chi connectivity index (χ2v) is 3.26. The van der Waals surface area contributed by atoms with E-state index in [1.165, 1.54) is 0 Å². The van der Waals surface area contributed by atoms with Gasteiger partial charge in [0.15, 0.2) is 0 Å². The van der Waals surface area contributed by atoms with Gasteiger partial charge in [-0.05, 0) is 6.42 Å². The van der Waals surface area contributed by atoms with Gasteiger partial charge in [-0.2, -0.15) is 0 Å². The van der Waals surface area contributed by atoms with Gasteiger partial charge in [0.25, 0.3) is 0 Å². The number of hydrogen-bond acceptors (Lipinski definition) is 3. The second-order valence-electron chi connectivity index (χ2n) is 3.26. The molecule has 82 valence electrons. The number of unbranched alkanes of at least 4 members (excludes halogenated alkanes) is 4. The summed E-state index contributed by atoms with van der Waals surface area (Å²) in [6, 6.07) is 0. The van der Waals surface area contributed by atoms with Crippen molar-refractivity contribution in [1.29, 1.82) is 0 Å². The van der Waals surface area contributed by atoms with Crippen LogP contribution in [0.25, 0.3) is 0 Å².